The quantitative estimate of drug-likeness (QED) is 0.919. The highest BCUT2D eigenvalue weighted by molar-refractivity contribution is 5.85. The van der Waals surface area contributed by atoms with Gasteiger partial charge in [-0.3, -0.25) is 4.79 Å². The first kappa shape index (κ1) is 17.3. The van der Waals surface area contributed by atoms with Crippen molar-refractivity contribution in [3.8, 4) is 0 Å². The van der Waals surface area contributed by atoms with Gasteiger partial charge in [0.15, 0.2) is 0 Å². The Bertz CT molecular complexity index is 669. The SMILES string of the molecule is CN(C(=O)CCc1cc2ccccc2o1)C1CC2CCC(C1)N2.Cl. The first-order valence-electron chi connectivity index (χ1n) is 8.68. The van der Waals surface area contributed by atoms with Crippen molar-refractivity contribution in [1.82, 2.24) is 10.2 Å². The molecule has 0 aliphatic carbocycles. The summed E-state index contributed by atoms with van der Waals surface area (Å²) < 4.78 is 5.81. The molecule has 4 rings (SSSR count). The van der Waals surface area contributed by atoms with Crippen LogP contribution in [-0.2, 0) is 11.2 Å². The summed E-state index contributed by atoms with van der Waals surface area (Å²) in [6.07, 6.45) is 5.93. The fraction of sp³-hybridized carbons (Fsp3) is 0.526. The highest BCUT2D eigenvalue weighted by Crippen LogP contribution is 2.29. The Morgan fingerprint density at radius 3 is 2.67 bits per heavy atom. The van der Waals surface area contributed by atoms with Crippen LogP contribution in [0.15, 0.2) is 34.7 Å². The van der Waals surface area contributed by atoms with Crippen LogP contribution in [0.2, 0.25) is 0 Å². The van der Waals surface area contributed by atoms with E-state index in [4.69, 9.17) is 4.42 Å². The van der Waals surface area contributed by atoms with E-state index in [1.165, 1.54) is 12.8 Å². The molecule has 3 heterocycles. The summed E-state index contributed by atoms with van der Waals surface area (Å²) in [4.78, 5) is 14.5. The number of benzene rings is 1. The zero-order chi connectivity index (χ0) is 15.8. The highest BCUT2D eigenvalue weighted by atomic mass is 35.5. The van der Waals surface area contributed by atoms with Crippen LogP contribution < -0.4 is 5.32 Å². The van der Waals surface area contributed by atoms with Gasteiger partial charge in [-0.2, -0.15) is 0 Å². The molecular weight excluding hydrogens is 324 g/mol. The van der Waals surface area contributed by atoms with E-state index >= 15 is 0 Å². The fourth-order valence-corrected chi connectivity index (χ4v) is 4.11. The monoisotopic (exact) mass is 348 g/mol. The molecule has 2 bridgehead atoms. The standard InChI is InChI=1S/C19H24N2O2.ClH/c1-21(16-11-14-6-7-15(12-16)20-14)19(22)9-8-17-10-13-4-2-3-5-18(13)23-17;/h2-5,10,14-16,20H,6-9,11-12H2,1H3;1H. The Labute approximate surface area is 149 Å². The van der Waals surface area contributed by atoms with Gasteiger partial charge in [0.2, 0.25) is 5.91 Å². The van der Waals surface area contributed by atoms with E-state index < -0.39 is 0 Å². The molecular formula is C19H25ClN2O2. The molecule has 130 valence electrons. The molecule has 5 heteroatoms. The second-order valence-electron chi connectivity index (χ2n) is 7.02. The number of para-hydroxylation sites is 1. The number of amides is 1. The number of carbonyl (C=O) groups excluding carboxylic acids is 1. The van der Waals surface area contributed by atoms with Gasteiger partial charge in [-0.15, -0.1) is 12.4 Å². The van der Waals surface area contributed by atoms with E-state index in [1.807, 2.05) is 42.3 Å². The first-order valence-corrected chi connectivity index (χ1v) is 8.68. The van der Waals surface area contributed by atoms with E-state index in [0.717, 1.165) is 29.6 Å². The normalized spacial score (nSPS) is 25.5. The van der Waals surface area contributed by atoms with Gasteiger partial charge < -0.3 is 14.6 Å². The highest BCUT2D eigenvalue weighted by Gasteiger charge is 2.36. The number of halogens is 1. The van der Waals surface area contributed by atoms with Gasteiger partial charge in [0.05, 0.1) is 0 Å². The lowest BCUT2D eigenvalue weighted by molar-refractivity contribution is -0.132. The van der Waals surface area contributed by atoms with Crippen molar-refractivity contribution in [2.24, 2.45) is 0 Å². The minimum Gasteiger partial charge on any atom is -0.461 e. The van der Waals surface area contributed by atoms with Crippen LogP contribution in [0.3, 0.4) is 0 Å². The van der Waals surface area contributed by atoms with E-state index in [2.05, 4.69) is 5.32 Å². The number of nitrogens with one attached hydrogen (secondary N) is 1. The summed E-state index contributed by atoms with van der Waals surface area (Å²) >= 11 is 0. The van der Waals surface area contributed by atoms with Gasteiger partial charge in [-0.05, 0) is 37.8 Å². The van der Waals surface area contributed by atoms with Crippen molar-refractivity contribution < 1.29 is 9.21 Å². The predicted octanol–water partition coefficient (Wildman–Crippen LogP) is 3.53. The number of fused-ring (bicyclic) bond motifs is 3. The van der Waals surface area contributed by atoms with Gasteiger partial charge in [0.1, 0.15) is 11.3 Å². The van der Waals surface area contributed by atoms with E-state index in [-0.39, 0.29) is 18.3 Å². The lowest BCUT2D eigenvalue weighted by atomic mass is 9.98. The van der Waals surface area contributed by atoms with Gasteiger partial charge >= 0.3 is 0 Å². The lowest BCUT2D eigenvalue weighted by Crippen LogP contribution is -2.48. The number of aryl methyl sites for hydroxylation is 1. The maximum Gasteiger partial charge on any atom is 0.223 e. The zero-order valence-electron chi connectivity index (χ0n) is 14.0. The van der Waals surface area contributed by atoms with E-state index in [1.54, 1.807) is 0 Å². The number of nitrogens with zero attached hydrogens (tertiary/aromatic N) is 1. The Hall–Kier alpha value is -1.52. The van der Waals surface area contributed by atoms with Gasteiger partial charge in [-0.25, -0.2) is 0 Å². The van der Waals surface area contributed by atoms with Gasteiger partial charge in [0, 0.05) is 43.4 Å². The third-order valence-electron chi connectivity index (χ3n) is 5.45. The molecule has 1 amide bonds. The minimum atomic E-state index is 0. The van der Waals surface area contributed by atoms with Crippen molar-refractivity contribution in [2.45, 2.75) is 56.7 Å². The average molecular weight is 349 g/mol. The molecule has 2 saturated heterocycles. The van der Waals surface area contributed by atoms with Crippen LogP contribution in [-0.4, -0.2) is 36.0 Å². The van der Waals surface area contributed by atoms with Crippen LogP contribution in [0.4, 0.5) is 0 Å². The maximum absolute atomic E-state index is 12.5. The Morgan fingerprint density at radius 1 is 1.25 bits per heavy atom. The summed E-state index contributed by atoms with van der Waals surface area (Å²) in [5, 5.41) is 4.74. The topological polar surface area (TPSA) is 45.5 Å². The summed E-state index contributed by atoms with van der Waals surface area (Å²) in [5.41, 5.74) is 0.901. The van der Waals surface area contributed by atoms with Gasteiger partial charge in [-0.1, -0.05) is 18.2 Å². The van der Waals surface area contributed by atoms with Crippen LogP contribution in [0.1, 0.15) is 37.9 Å². The molecule has 0 saturated carbocycles. The summed E-state index contributed by atoms with van der Waals surface area (Å²) in [6.45, 7) is 0. The number of carbonyl (C=O) groups is 1. The molecule has 1 N–H and O–H groups in total. The van der Waals surface area contributed by atoms with E-state index in [0.29, 0.717) is 31.0 Å². The van der Waals surface area contributed by atoms with Crippen LogP contribution in [0, 0.1) is 0 Å². The Balaban J connectivity index is 0.00000169. The molecule has 2 atom stereocenters. The second-order valence-corrected chi connectivity index (χ2v) is 7.02. The first-order chi connectivity index (χ1) is 11.2. The Kier molecular flexibility index (Phi) is 5.16. The van der Waals surface area contributed by atoms with E-state index in [9.17, 15) is 4.79 Å². The number of hydrogen-bond donors (Lipinski definition) is 1. The van der Waals surface area contributed by atoms with Crippen molar-refractivity contribution in [1.29, 1.82) is 0 Å². The average Bonchev–Trinajstić information content (AvgIpc) is 3.14. The second kappa shape index (κ2) is 7.16. The molecule has 2 aliphatic heterocycles. The van der Waals surface area contributed by atoms with Crippen LogP contribution in [0.25, 0.3) is 11.0 Å². The zero-order valence-corrected chi connectivity index (χ0v) is 14.8. The summed E-state index contributed by atoms with van der Waals surface area (Å²) in [5.74, 6) is 1.13. The lowest BCUT2D eigenvalue weighted by Gasteiger charge is -2.35. The van der Waals surface area contributed by atoms with Gasteiger partial charge in [0.25, 0.3) is 0 Å². The molecule has 4 nitrogen and oxygen atoms in total. The molecule has 24 heavy (non-hydrogen) atoms. The predicted molar refractivity (Wildman–Crippen MR) is 97.5 cm³/mol. The number of rotatable bonds is 4. The molecule has 2 aliphatic rings. The number of furan rings is 1. The molecule has 2 fully saturated rings. The largest absolute Gasteiger partial charge is 0.461 e. The molecule has 2 unspecified atom stereocenters. The number of piperidine rings is 1. The minimum absolute atomic E-state index is 0. The molecule has 2 aromatic rings. The van der Waals surface area contributed by atoms with Crippen LogP contribution in [0.5, 0.6) is 0 Å². The van der Waals surface area contributed by atoms with Crippen molar-refractivity contribution in [3.05, 3.63) is 36.1 Å². The molecule has 1 aromatic carbocycles. The fourth-order valence-electron chi connectivity index (χ4n) is 4.11. The molecule has 0 radical (unpaired) electrons. The maximum atomic E-state index is 12.5. The van der Waals surface area contributed by atoms with Crippen molar-refractivity contribution in [2.75, 3.05) is 7.05 Å². The third kappa shape index (κ3) is 3.45. The third-order valence-corrected chi connectivity index (χ3v) is 5.45. The number of hydrogen-bond acceptors (Lipinski definition) is 3. The Morgan fingerprint density at radius 2 is 1.96 bits per heavy atom. The van der Waals surface area contributed by atoms with Crippen molar-refractivity contribution in [3.63, 3.8) is 0 Å². The summed E-state index contributed by atoms with van der Waals surface area (Å²) in [6, 6.07) is 11.7. The van der Waals surface area contributed by atoms with Crippen LogP contribution >= 0.6 is 12.4 Å². The summed E-state index contributed by atoms with van der Waals surface area (Å²) in [7, 11) is 1.97. The van der Waals surface area contributed by atoms with Crippen molar-refractivity contribution >= 4 is 29.3 Å². The molecule has 0 spiro atoms. The smallest absolute Gasteiger partial charge is 0.223 e. The molecule has 1 aromatic heterocycles.